The molecule has 1 N–H and O–H groups in total. The molecule has 5 nitrogen and oxygen atoms in total. The van der Waals surface area contributed by atoms with E-state index in [4.69, 9.17) is 9.26 Å². The van der Waals surface area contributed by atoms with Gasteiger partial charge in [0, 0.05) is 13.0 Å². The fourth-order valence-electron chi connectivity index (χ4n) is 1.88. The number of aliphatic hydroxyl groups excluding tert-OH is 1. The number of hydrogen-bond donors (Lipinski definition) is 1. The molecule has 1 aliphatic heterocycles. The van der Waals surface area contributed by atoms with E-state index < -0.39 is 6.10 Å². The van der Waals surface area contributed by atoms with Crippen molar-refractivity contribution >= 4 is 0 Å². The van der Waals surface area contributed by atoms with E-state index in [1.165, 1.54) is 6.42 Å². The Morgan fingerprint density at radius 1 is 1.50 bits per heavy atom. The van der Waals surface area contributed by atoms with Crippen molar-refractivity contribution < 1.29 is 14.4 Å². The van der Waals surface area contributed by atoms with Gasteiger partial charge in [-0.2, -0.15) is 4.98 Å². The molecule has 2 unspecified atom stereocenters. The Bertz CT molecular complexity index is 319. The highest BCUT2D eigenvalue weighted by Gasteiger charge is 2.18. The van der Waals surface area contributed by atoms with Crippen LogP contribution in [0.15, 0.2) is 4.52 Å². The quantitative estimate of drug-likeness (QED) is 0.832. The zero-order chi connectivity index (χ0) is 11.4. The minimum absolute atomic E-state index is 0.216. The maximum atomic E-state index is 9.19. The zero-order valence-electron chi connectivity index (χ0n) is 9.56. The second-order valence-corrected chi connectivity index (χ2v) is 4.35. The molecule has 2 rings (SSSR count). The monoisotopic (exact) mass is 226 g/mol. The number of aliphatic hydroxyl groups is 1. The third-order valence-electron chi connectivity index (χ3n) is 2.66. The number of rotatable bonds is 4. The van der Waals surface area contributed by atoms with Gasteiger partial charge in [0.15, 0.2) is 5.82 Å². The van der Waals surface area contributed by atoms with Crippen LogP contribution in [0.5, 0.6) is 0 Å². The fourth-order valence-corrected chi connectivity index (χ4v) is 1.88. The van der Waals surface area contributed by atoms with Gasteiger partial charge >= 0.3 is 0 Å². The van der Waals surface area contributed by atoms with E-state index in [-0.39, 0.29) is 6.10 Å². The predicted octanol–water partition coefficient (Wildman–Crippen LogP) is 1.10. The third kappa shape index (κ3) is 3.28. The van der Waals surface area contributed by atoms with Gasteiger partial charge in [-0.1, -0.05) is 5.16 Å². The lowest BCUT2D eigenvalue weighted by molar-refractivity contribution is 0.0124. The Morgan fingerprint density at radius 3 is 3.06 bits per heavy atom. The van der Waals surface area contributed by atoms with E-state index in [1.54, 1.807) is 6.92 Å². The van der Waals surface area contributed by atoms with Crippen LogP contribution in [0.3, 0.4) is 0 Å². The Morgan fingerprint density at radius 2 is 2.38 bits per heavy atom. The average Bonchev–Trinajstić information content (AvgIpc) is 2.66. The molecule has 0 bridgehead atoms. The molecular weight excluding hydrogens is 208 g/mol. The topological polar surface area (TPSA) is 68.4 Å². The molecule has 0 radical (unpaired) electrons. The van der Waals surface area contributed by atoms with E-state index in [0.29, 0.717) is 24.6 Å². The highest BCUT2D eigenvalue weighted by Crippen LogP contribution is 2.16. The van der Waals surface area contributed by atoms with Crippen LogP contribution in [0.25, 0.3) is 0 Å². The lowest BCUT2D eigenvalue weighted by Gasteiger charge is -2.20. The first-order valence-corrected chi connectivity index (χ1v) is 5.85. The summed E-state index contributed by atoms with van der Waals surface area (Å²) < 4.78 is 10.7. The minimum Gasteiger partial charge on any atom is -0.393 e. The minimum atomic E-state index is -0.434. The molecule has 5 heteroatoms. The summed E-state index contributed by atoms with van der Waals surface area (Å²) in [5.74, 6) is 1.18. The number of aromatic nitrogens is 2. The van der Waals surface area contributed by atoms with Gasteiger partial charge in [0.1, 0.15) is 0 Å². The molecule has 0 saturated carbocycles. The summed E-state index contributed by atoms with van der Waals surface area (Å²) >= 11 is 0. The van der Waals surface area contributed by atoms with Gasteiger partial charge in [-0.05, 0) is 26.2 Å². The van der Waals surface area contributed by atoms with Crippen LogP contribution in [0.4, 0.5) is 0 Å². The van der Waals surface area contributed by atoms with Crippen molar-refractivity contribution in [1.29, 1.82) is 0 Å². The Kier molecular flexibility index (Phi) is 3.90. The molecule has 0 aromatic carbocycles. The molecule has 16 heavy (non-hydrogen) atoms. The van der Waals surface area contributed by atoms with E-state index >= 15 is 0 Å². The summed E-state index contributed by atoms with van der Waals surface area (Å²) in [6.07, 6.45) is 4.33. The van der Waals surface area contributed by atoms with Crippen LogP contribution in [-0.2, 0) is 17.6 Å². The average molecular weight is 226 g/mol. The van der Waals surface area contributed by atoms with Crippen LogP contribution < -0.4 is 0 Å². The second-order valence-electron chi connectivity index (χ2n) is 4.35. The maximum absolute atomic E-state index is 9.19. The summed E-state index contributed by atoms with van der Waals surface area (Å²) in [6.45, 7) is 2.54. The van der Waals surface area contributed by atoms with Crippen molar-refractivity contribution in [1.82, 2.24) is 10.1 Å². The standard InChI is InChI=1S/C11H18N2O3/c1-8(14)6-10-12-11(16-13-10)7-9-4-2-3-5-15-9/h8-9,14H,2-7H2,1H3. The van der Waals surface area contributed by atoms with E-state index in [1.807, 2.05) is 0 Å². The lowest BCUT2D eigenvalue weighted by atomic mass is 10.1. The van der Waals surface area contributed by atoms with Crippen LogP contribution in [0.1, 0.15) is 37.9 Å². The van der Waals surface area contributed by atoms with Crippen molar-refractivity contribution in [3.05, 3.63) is 11.7 Å². The summed E-state index contributed by atoms with van der Waals surface area (Å²) in [4.78, 5) is 4.23. The molecule has 1 saturated heterocycles. The molecule has 1 aromatic heterocycles. The van der Waals surface area contributed by atoms with Gasteiger partial charge in [0.25, 0.3) is 0 Å². The van der Waals surface area contributed by atoms with Crippen molar-refractivity contribution in [3.8, 4) is 0 Å². The molecular formula is C11H18N2O3. The number of ether oxygens (including phenoxy) is 1. The van der Waals surface area contributed by atoms with Crippen LogP contribution in [0, 0.1) is 0 Å². The highest BCUT2D eigenvalue weighted by molar-refractivity contribution is 4.90. The molecule has 90 valence electrons. The SMILES string of the molecule is CC(O)Cc1noc(CC2CCCCO2)n1. The lowest BCUT2D eigenvalue weighted by Crippen LogP contribution is -2.21. The second kappa shape index (κ2) is 5.41. The highest BCUT2D eigenvalue weighted by atomic mass is 16.5. The van der Waals surface area contributed by atoms with Crippen molar-refractivity contribution in [2.24, 2.45) is 0 Å². The molecule has 2 heterocycles. The predicted molar refractivity (Wildman–Crippen MR) is 57.0 cm³/mol. The molecule has 1 fully saturated rings. The van der Waals surface area contributed by atoms with Crippen LogP contribution in [-0.4, -0.2) is 34.1 Å². The normalized spacial score (nSPS) is 23.2. The molecule has 0 aliphatic carbocycles. The summed E-state index contributed by atoms with van der Waals surface area (Å²) in [6, 6.07) is 0. The zero-order valence-corrected chi connectivity index (χ0v) is 9.56. The Hall–Kier alpha value is -0.940. The Balaban J connectivity index is 1.86. The summed E-state index contributed by atoms with van der Waals surface area (Å²) in [5, 5.41) is 13.0. The van der Waals surface area contributed by atoms with Gasteiger partial charge in [-0.15, -0.1) is 0 Å². The number of nitrogens with zero attached hydrogens (tertiary/aromatic N) is 2. The van der Waals surface area contributed by atoms with Gasteiger partial charge in [0.2, 0.25) is 5.89 Å². The summed E-state index contributed by atoms with van der Waals surface area (Å²) in [5.41, 5.74) is 0. The fraction of sp³-hybridized carbons (Fsp3) is 0.818. The first kappa shape index (κ1) is 11.5. The molecule has 0 amide bonds. The van der Waals surface area contributed by atoms with Gasteiger partial charge in [-0.3, -0.25) is 0 Å². The third-order valence-corrected chi connectivity index (χ3v) is 2.66. The van der Waals surface area contributed by atoms with Gasteiger partial charge in [-0.25, -0.2) is 0 Å². The van der Waals surface area contributed by atoms with Crippen molar-refractivity contribution in [2.45, 2.75) is 51.2 Å². The molecule has 0 spiro atoms. The largest absolute Gasteiger partial charge is 0.393 e. The molecule has 1 aliphatic rings. The van der Waals surface area contributed by atoms with Crippen LogP contribution in [0.2, 0.25) is 0 Å². The van der Waals surface area contributed by atoms with Gasteiger partial charge < -0.3 is 14.4 Å². The maximum Gasteiger partial charge on any atom is 0.229 e. The first-order valence-electron chi connectivity index (χ1n) is 5.85. The van der Waals surface area contributed by atoms with Crippen molar-refractivity contribution in [3.63, 3.8) is 0 Å². The first-order chi connectivity index (χ1) is 7.74. The van der Waals surface area contributed by atoms with E-state index in [2.05, 4.69) is 10.1 Å². The Labute approximate surface area is 94.8 Å². The van der Waals surface area contributed by atoms with Crippen molar-refractivity contribution in [2.75, 3.05) is 6.61 Å². The van der Waals surface area contributed by atoms with E-state index in [9.17, 15) is 5.11 Å². The number of hydrogen-bond acceptors (Lipinski definition) is 5. The molecule has 1 aromatic rings. The van der Waals surface area contributed by atoms with Gasteiger partial charge in [0.05, 0.1) is 18.6 Å². The summed E-state index contributed by atoms with van der Waals surface area (Å²) in [7, 11) is 0. The van der Waals surface area contributed by atoms with E-state index in [0.717, 1.165) is 19.4 Å². The smallest absolute Gasteiger partial charge is 0.229 e. The van der Waals surface area contributed by atoms with Crippen LogP contribution >= 0.6 is 0 Å². The molecule has 2 atom stereocenters.